The quantitative estimate of drug-likeness (QED) is 0.267. The number of Topliss-reactive ketones (excluding diaryl/α,β-unsaturated/α-hetero) is 1. The van der Waals surface area contributed by atoms with Crippen molar-refractivity contribution in [1.82, 2.24) is 0 Å². The van der Waals surface area contributed by atoms with Crippen LogP contribution in [0.5, 0.6) is 0 Å². The zero-order valence-electron chi connectivity index (χ0n) is 5.72. The SMILES string of the molecule is CC(=O)C(=O)OCCCCl. The lowest BCUT2D eigenvalue weighted by Gasteiger charge is -1.97. The Balaban J connectivity index is 3.31. The zero-order chi connectivity index (χ0) is 7.98. The number of ketones is 1. The van der Waals surface area contributed by atoms with Crippen molar-refractivity contribution in [2.45, 2.75) is 13.3 Å². The van der Waals surface area contributed by atoms with E-state index in [2.05, 4.69) is 4.74 Å². The van der Waals surface area contributed by atoms with Gasteiger partial charge in [-0.25, -0.2) is 4.79 Å². The van der Waals surface area contributed by atoms with Gasteiger partial charge in [-0.2, -0.15) is 0 Å². The van der Waals surface area contributed by atoms with Gasteiger partial charge in [0.05, 0.1) is 6.61 Å². The number of carbonyl (C=O) groups is 2. The number of alkyl halides is 1. The first-order valence-electron chi connectivity index (χ1n) is 2.92. The van der Waals surface area contributed by atoms with Crippen molar-refractivity contribution in [1.29, 1.82) is 0 Å². The molecule has 0 aliphatic carbocycles. The van der Waals surface area contributed by atoms with Gasteiger partial charge in [-0.15, -0.1) is 11.6 Å². The molecule has 10 heavy (non-hydrogen) atoms. The Labute approximate surface area is 64.3 Å². The fourth-order valence-electron chi connectivity index (χ4n) is 0.321. The lowest BCUT2D eigenvalue weighted by atomic mass is 10.4. The monoisotopic (exact) mass is 164 g/mol. The highest BCUT2D eigenvalue weighted by Crippen LogP contribution is 1.87. The molecule has 0 aliphatic heterocycles. The molecule has 0 spiro atoms. The van der Waals surface area contributed by atoms with Crippen molar-refractivity contribution in [2.24, 2.45) is 0 Å². The van der Waals surface area contributed by atoms with Crippen LogP contribution in [0.15, 0.2) is 0 Å². The minimum atomic E-state index is -0.787. The number of halogens is 1. The lowest BCUT2D eigenvalue weighted by molar-refractivity contribution is -0.152. The Morgan fingerprint density at radius 1 is 1.50 bits per heavy atom. The molecule has 0 N–H and O–H groups in total. The van der Waals surface area contributed by atoms with Crippen molar-refractivity contribution in [3.63, 3.8) is 0 Å². The minimum absolute atomic E-state index is 0.224. The van der Waals surface area contributed by atoms with Crippen LogP contribution in [0.25, 0.3) is 0 Å². The molecule has 0 atom stereocenters. The van der Waals surface area contributed by atoms with Crippen molar-refractivity contribution in [3.05, 3.63) is 0 Å². The molecule has 4 heteroatoms. The predicted octanol–water partition coefficient (Wildman–Crippen LogP) is 0.748. The first kappa shape index (κ1) is 9.43. The van der Waals surface area contributed by atoms with Gasteiger partial charge in [-0.3, -0.25) is 4.79 Å². The average molecular weight is 165 g/mol. The third-order valence-corrected chi connectivity index (χ3v) is 1.07. The van der Waals surface area contributed by atoms with Gasteiger partial charge in [0.1, 0.15) is 0 Å². The summed E-state index contributed by atoms with van der Waals surface area (Å²) in [4.78, 5) is 20.6. The molecule has 0 heterocycles. The van der Waals surface area contributed by atoms with Crippen molar-refractivity contribution < 1.29 is 14.3 Å². The Morgan fingerprint density at radius 3 is 2.50 bits per heavy atom. The summed E-state index contributed by atoms with van der Waals surface area (Å²) in [6.07, 6.45) is 0.584. The maximum atomic E-state index is 10.4. The average Bonchev–Trinajstić information content (AvgIpc) is 1.88. The van der Waals surface area contributed by atoms with E-state index in [0.717, 1.165) is 0 Å². The second kappa shape index (κ2) is 5.23. The number of rotatable bonds is 4. The maximum absolute atomic E-state index is 10.4. The van der Waals surface area contributed by atoms with Gasteiger partial charge in [0.25, 0.3) is 0 Å². The molecule has 0 bridgehead atoms. The summed E-state index contributed by atoms with van der Waals surface area (Å²) in [6, 6.07) is 0. The van der Waals surface area contributed by atoms with E-state index in [0.29, 0.717) is 12.3 Å². The Hall–Kier alpha value is -0.570. The van der Waals surface area contributed by atoms with Gasteiger partial charge in [0, 0.05) is 12.8 Å². The van der Waals surface area contributed by atoms with Crippen molar-refractivity contribution in [3.8, 4) is 0 Å². The van der Waals surface area contributed by atoms with Crippen LogP contribution < -0.4 is 0 Å². The van der Waals surface area contributed by atoms with E-state index < -0.39 is 11.8 Å². The van der Waals surface area contributed by atoms with Crippen LogP contribution in [-0.2, 0) is 14.3 Å². The predicted molar refractivity (Wildman–Crippen MR) is 37.0 cm³/mol. The molecule has 0 saturated heterocycles. The fraction of sp³-hybridized carbons (Fsp3) is 0.667. The standard InChI is InChI=1S/C6H9ClO3/c1-5(8)6(9)10-4-2-3-7/h2-4H2,1H3. The van der Waals surface area contributed by atoms with Crippen LogP contribution in [0.4, 0.5) is 0 Å². The van der Waals surface area contributed by atoms with Crippen LogP contribution in [0.1, 0.15) is 13.3 Å². The van der Waals surface area contributed by atoms with E-state index in [9.17, 15) is 9.59 Å². The fourth-order valence-corrected chi connectivity index (χ4v) is 0.430. The molecular weight excluding hydrogens is 156 g/mol. The Kier molecular flexibility index (Phi) is 4.94. The topological polar surface area (TPSA) is 43.4 Å². The molecule has 0 fully saturated rings. The summed E-state index contributed by atoms with van der Waals surface area (Å²) in [5.74, 6) is -0.926. The van der Waals surface area contributed by atoms with Crippen molar-refractivity contribution >= 4 is 23.4 Å². The van der Waals surface area contributed by atoms with E-state index in [4.69, 9.17) is 11.6 Å². The van der Waals surface area contributed by atoms with Gasteiger partial charge in [0.2, 0.25) is 5.78 Å². The third-order valence-electron chi connectivity index (χ3n) is 0.799. The molecule has 58 valence electrons. The second-order valence-corrected chi connectivity index (χ2v) is 2.11. The van der Waals surface area contributed by atoms with Gasteiger partial charge >= 0.3 is 5.97 Å². The smallest absolute Gasteiger partial charge is 0.374 e. The summed E-state index contributed by atoms with van der Waals surface area (Å²) >= 11 is 5.29. The summed E-state index contributed by atoms with van der Waals surface area (Å²) in [5, 5.41) is 0. The highest BCUT2D eigenvalue weighted by molar-refractivity contribution is 6.32. The molecule has 0 aromatic carbocycles. The number of ether oxygens (including phenoxy) is 1. The van der Waals surface area contributed by atoms with Gasteiger partial charge < -0.3 is 4.74 Å². The van der Waals surface area contributed by atoms with Crippen molar-refractivity contribution in [2.75, 3.05) is 12.5 Å². The summed E-state index contributed by atoms with van der Waals surface area (Å²) < 4.78 is 4.47. The number of hydrogen-bond acceptors (Lipinski definition) is 3. The van der Waals surface area contributed by atoms with E-state index >= 15 is 0 Å². The second-order valence-electron chi connectivity index (χ2n) is 1.73. The van der Waals surface area contributed by atoms with Gasteiger partial charge in [-0.05, 0) is 6.42 Å². The summed E-state index contributed by atoms with van der Waals surface area (Å²) in [5.41, 5.74) is 0. The largest absolute Gasteiger partial charge is 0.460 e. The highest BCUT2D eigenvalue weighted by Gasteiger charge is 2.06. The van der Waals surface area contributed by atoms with Crippen LogP contribution >= 0.6 is 11.6 Å². The summed E-state index contributed by atoms with van der Waals surface area (Å²) in [6.45, 7) is 1.39. The number of hydrogen-bond donors (Lipinski definition) is 0. The normalized spacial score (nSPS) is 9.00. The molecule has 0 aliphatic rings. The first-order chi connectivity index (χ1) is 4.68. The van der Waals surface area contributed by atoms with Gasteiger partial charge in [0.15, 0.2) is 0 Å². The molecule has 0 aromatic rings. The number of esters is 1. The van der Waals surface area contributed by atoms with Gasteiger partial charge in [-0.1, -0.05) is 0 Å². The minimum Gasteiger partial charge on any atom is -0.460 e. The van der Waals surface area contributed by atoms with E-state index in [1.165, 1.54) is 6.92 Å². The van der Waals surface area contributed by atoms with Crippen LogP contribution in [0.3, 0.4) is 0 Å². The molecule has 0 unspecified atom stereocenters. The molecule has 0 radical (unpaired) electrons. The Morgan fingerprint density at radius 2 is 2.10 bits per heavy atom. The maximum Gasteiger partial charge on any atom is 0.374 e. The Bertz CT molecular complexity index is 133. The molecule has 0 saturated carbocycles. The molecule has 3 nitrogen and oxygen atoms in total. The van der Waals surface area contributed by atoms with E-state index in [1.54, 1.807) is 0 Å². The first-order valence-corrected chi connectivity index (χ1v) is 3.45. The van der Waals surface area contributed by atoms with E-state index in [-0.39, 0.29) is 6.61 Å². The number of carbonyl (C=O) groups excluding carboxylic acids is 2. The third kappa shape index (κ3) is 4.32. The van der Waals surface area contributed by atoms with E-state index in [1.807, 2.05) is 0 Å². The molecule has 0 amide bonds. The lowest BCUT2D eigenvalue weighted by Crippen LogP contribution is -2.14. The summed E-state index contributed by atoms with van der Waals surface area (Å²) in [7, 11) is 0. The van der Waals surface area contributed by atoms with Crippen LogP contribution in [0.2, 0.25) is 0 Å². The van der Waals surface area contributed by atoms with Crippen LogP contribution in [0, 0.1) is 0 Å². The molecule has 0 rings (SSSR count). The molecule has 0 aromatic heterocycles. The molecular formula is C6H9ClO3. The van der Waals surface area contributed by atoms with Crippen LogP contribution in [-0.4, -0.2) is 24.2 Å². The highest BCUT2D eigenvalue weighted by atomic mass is 35.5. The zero-order valence-corrected chi connectivity index (χ0v) is 6.48.